The van der Waals surface area contributed by atoms with Gasteiger partial charge in [-0.25, -0.2) is 0 Å². The molecule has 0 heteroatoms. The summed E-state index contributed by atoms with van der Waals surface area (Å²) in [4.78, 5) is 0. The lowest BCUT2D eigenvalue weighted by molar-refractivity contribution is 0.718. The average molecular weight is 403 g/mol. The van der Waals surface area contributed by atoms with E-state index in [1.165, 1.54) is 58.7 Å². The van der Waals surface area contributed by atoms with Gasteiger partial charge in [-0.3, -0.25) is 0 Å². The van der Waals surface area contributed by atoms with E-state index in [2.05, 4.69) is 111 Å². The molecule has 0 aliphatic carbocycles. The molecule has 0 spiro atoms. The molecule has 4 aromatic carbocycles. The van der Waals surface area contributed by atoms with E-state index < -0.39 is 0 Å². The van der Waals surface area contributed by atoms with Gasteiger partial charge in [0, 0.05) is 11.1 Å². The van der Waals surface area contributed by atoms with Crippen LogP contribution in [0.3, 0.4) is 0 Å². The van der Waals surface area contributed by atoms with Gasteiger partial charge in [0.05, 0.1) is 0 Å². The Morgan fingerprint density at radius 3 is 1.84 bits per heavy atom. The Bertz CT molecular complexity index is 1200. The van der Waals surface area contributed by atoms with Gasteiger partial charge < -0.3 is 0 Å². The van der Waals surface area contributed by atoms with Crippen LogP contribution in [0.1, 0.15) is 55.4 Å². The molecule has 0 heterocycles. The van der Waals surface area contributed by atoms with Crippen molar-refractivity contribution in [1.29, 1.82) is 0 Å². The molecule has 0 saturated heterocycles. The van der Waals surface area contributed by atoms with Crippen LogP contribution in [-0.4, -0.2) is 0 Å². The molecule has 0 bridgehead atoms. The largest absolute Gasteiger partial charge is 0.0654 e. The van der Waals surface area contributed by atoms with Crippen LogP contribution < -0.4 is 0 Å². The molecule has 0 unspecified atom stereocenters. The fraction of sp³-hybridized carbons (Fsp3) is 0.226. The van der Waals surface area contributed by atoms with Crippen molar-refractivity contribution >= 4 is 10.8 Å². The Balaban J connectivity index is 1.47. The Morgan fingerprint density at radius 1 is 0.548 bits per heavy atom. The van der Waals surface area contributed by atoms with Gasteiger partial charge in [-0.1, -0.05) is 99.2 Å². The van der Waals surface area contributed by atoms with Crippen LogP contribution in [0.2, 0.25) is 0 Å². The summed E-state index contributed by atoms with van der Waals surface area (Å²) in [6, 6.07) is 30.7. The highest BCUT2D eigenvalue weighted by atomic mass is 14.0. The lowest BCUT2D eigenvalue weighted by Crippen LogP contribution is -1.86. The molecule has 4 aromatic rings. The third-order valence-electron chi connectivity index (χ3n) is 5.91. The second-order valence-electron chi connectivity index (χ2n) is 8.23. The van der Waals surface area contributed by atoms with Crippen molar-refractivity contribution in [2.75, 3.05) is 0 Å². The van der Waals surface area contributed by atoms with Gasteiger partial charge in [-0.2, -0.15) is 0 Å². The second-order valence-corrected chi connectivity index (χ2v) is 8.23. The molecule has 4 rings (SSSR count). The highest BCUT2D eigenvalue weighted by Gasteiger charge is 2.00. The minimum absolute atomic E-state index is 1.04. The van der Waals surface area contributed by atoms with E-state index in [1.54, 1.807) is 0 Å². The first-order chi connectivity index (χ1) is 15.2. The predicted octanol–water partition coefficient (Wildman–Crippen LogP) is 8.20. The molecule has 0 aliphatic heterocycles. The lowest BCUT2D eigenvalue weighted by Gasteiger charge is -2.04. The molecule has 0 atom stereocenters. The van der Waals surface area contributed by atoms with E-state index in [4.69, 9.17) is 0 Å². The maximum atomic E-state index is 3.33. The van der Waals surface area contributed by atoms with Gasteiger partial charge in [-0.15, -0.1) is 0 Å². The number of hydrogen-bond acceptors (Lipinski definition) is 0. The summed E-state index contributed by atoms with van der Waals surface area (Å²) in [5.74, 6) is 6.65. The first-order valence-electron chi connectivity index (χ1n) is 11.5. The second kappa shape index (κ2) is 10.1. The molecular weight excluding hydrogens is 372 g/mol. The van der Waals surface area contributed by atoms with Crippen LogP contribution in [0.15, 0.2) is 84.9 Å². The van der Waals surface area contributed by atoms with E-state index in [-0.39, 0.29) is 0 Å². The first-order valence-corrected chi connectivity index (χ1v) is 11.5. The molecule has 0 amide bonds. The van der Waals surface area contributed by atoms with Gasteiger partial charge in [0.15, 0.2) is 0 Å². The van der Waals surface area contributed by atoms with Crippen molar-refractivity contribution in [2.45, 2.75) is 46.0 Å². The smallest absolute Gasteiger partial charge is 0.0255 e. The van der Waals surface area contributed by atoms with Crippen LogP contribution >= 0.6 is 0 Å². The Labute approximate surface area is 187 Å². The summed E-state index contributed by atoms with van der Waals surface area (Å²) < 4.78 is 0. The number of fused-ring (bicyclic) bond motifs is 1. The minimum atomic E-state index is 1.04. The summed E-state index contributed by atoms with van der Waals surface area (Å²) in [6.45, 7) is 4.44. The number of hydrogen-bond donors (Lipinski definition) is 0. The fourth-order valence-electron chi connectivity index (χ4n) is 3.93. The van der Waals surface area contributed by atoms with Crippen molar-refractivity contribution in [2.24, 2.45) is 0 Å². The summed E-state index contributed by atoms with van der Waals surface area (Å²) in [5, 5.41) is 2.56. The number of rotatable bonds is 6. The fourth-order valence-corrected chi connectivity index (χ4v) is 3.93. The van der Waals surface area contributed by atoms with Crippen LogP contribution in [-0.2, 0) is 12.8 Å². The van der Waals surface area contributed by atoms with Crippen molar-refractivity contribution < 1.29 is 0 Å². The highest BCUT2D eigenvalue weighted by molar-refractivity contribution is 5.84. The maximum absolute atomic E-state index is 3.33. The number of benzene rings is 4. The molecule has 0 radical (unpaired) electrons. The molecule has 154 valence electrons. The van der Waals surface area contributed by atoms with Gasteiger partial charge in [0.1, 0.15) is 0 Å². The number of unbranched alkanes of at least 4 members (excludes halogenated alkanes) is 2. The lowest BCUT2D eigenvalue weighted by atomic mass is 10.0. The molecule has 31 heavy (non-hydrogen) atoms. The summed E-state index contributed by atoms with van der Waals surface area (Å²) in [6.07, 6.45) is 6.09. The Morgan fingerprint density at radius 2 is 1.13 bits per heavy atom. The Kier molecular flexibility index (Phi) is 6.85. The van der Waals surface area contributed by atoms with E-state index in [1.807, 2.05) is 0 Å². The third-order valence-corrected chi connectivity index (χ3v) is 5.91. The summed E-state index contributed by atoms with van der Waals surface area (Å²) >= 11 is 0. The SMILES string of the molecule is CCCCCc1ccc2cc(C#Cc3ccc(-c4ccc(CC)cc4)cc3)ccc2c1. The average Bonchev–Trinajstić information content (AvgIpc) is 2.83. The summed E-state index contributed by atoms with van der Waals surface area (Å²) in [7, 11) is 0. The minimum Gasteiger partial charge on any atom is -0.0654 e. The number of aryl methyl sites for hydroxylation is 2. The Hall–Kier alpha value is -3.30. The maximum Gasteiger partial charge on any atom is 0.0255 e. The predicted molar refractivity (Wildman–Crippen MR) is 134 cm³/mol. The van der Waals surface area contributed by atoms with Crippen LogP contribution in [0.25, 0.3) is 21.9 Å². The third kappa shape index (κ3) is 5.44. The van der Waals surface area contributed by atoms with Crippen LogP contribution in [0.4, 0.5) is 0 Å². The van der Waals surface area contributed by atoms with Gasteiger partial charge in [0.2, 0.25) is 0 Å². The zero-order chi connectivity index (χ0) is 21.5. The van der Waals surface area contributed by atoms with E-state index >= 15 is 0 Å². The van der Waals surface area contributed by atoms with Gasteiger partial charge in [-0.05, 0) is 76.6 Å². The normalized spacial score (nSPS) is 10.6. The topological polar surface area (TPSA) is 0 Å². The van der Waals surface area contributed by atoms with Crippen molar-refractivity contribution in [3.05, 3.63) is 107 Å². The molecule has 0 aromatic heterocycles. The van der Waals surface area contributed by atoms with Crippen molar-refractivity contribution in [3.8, 4) is 23.0 Å². The monoisotopic (exact) mass is 402 g/mol. The molecule has 0 aliphatic rings. The summed E-state index contributed by atoms with van der Waals surface area (Å²) in [5.41, 5.74) is 7.39. The van der Waals surface area contributed by atoms with E-state index in [0.29, 0.717) is 0 Å². The highest BCUT2D eigenvalue weighted by Crippen LogP contribution is 2.21. The van der Waals surface area contributed by atoms with E-state index in [0.717, 1.165) is 17.5 Å². The van der Waals surface area contributed by atoms with Crippen molar-refractivity contribution in [1.82, 2.24) is 0 Å². The van der Waals surface area contributed by atoms with Crippen LogP contribution in [0.5, 0.6) is 0 Å². The first kappa shape index (κ1) is 21.0. The van der Waals surface area contributed by atoms with Gasteiger partial charge in [0.25, 0.3) is 0 Å². The molecular formula is C31H30. The van der Waals surface area contributed by atoms with Crippen LogP contribution in [0, 0.1) is 11.8 Å². The van der Waals surface area contributed by atoms with Crippen molar-refractivity contribution in [3.63, 3.8) is 0 Å². The molecule has 0 fully saturated rings. The zero-order valence-electron chi connectivity index (χ0n) is 18.6. The molecule has 0 N–H and O–H groups in total. The molecule has 0 saturated carbocycles. The van der Waals surface area contributed by atoms with E-state index in [9.17, 15) is 0 Å². The van der Waals surface area contributed by atoms with Gasteiger partial charge >= 0.3 is 0 Å². The quantitative estimate of drug-likeness (QED) is 0.225. The zero-order valence-corrected chi connectivity index (χ0v) is 18.6. The standard InChI is InChI=1S/C31H30/c1-3-5-6-7-26-14-20-31-23-27(15-21-30(31)22-26)9-8-25-12-18-29(19-13-25)28-16-10-24(4-2)11-17-28/h10-23H,3-7H2,1-2H3. The molecule has 0 nitrogen and oxygen atoms in total.